The molecule has 5 nitrogen and oxygen atoms in total. The highest BCUT2D eigenvalue weighted by Crippen LogP contribution is 2.23. The number of hydrogen-bond donors (Lipinski definition) is 2. The topological polar surface area (TPSA) is 75.2 Å². The summed E-state index contributed by atoms with van der Waals surface area (Å²) >= 11 is 0. The molecule has 1 aromatic carbocycles. The van der Waals surface area contributed by atoms with Crippen molar-refractivity contribution < 1.29 is 14.6 Å². The number of nitrogens with zero attached hydrogens (tertiary/aromatic N) is 1. The standard InChI is InChI=1S/C12H12N2O3/c1-7-10(14-11(13-7)12(15)16)8-3-5-9(17-2)6-4-8/h3-6H,1-2H3,(H,13,14)(H,15,16). The summed E-state index contributed by atoms with van der Waals surface area (Å²) in [7, 11) is 1.59. The van der Waals surface area contributed by atoms with E-state index in [9.17, 15) is 4.79 Å². The third-order valence-corrected chi connectivity index (χ3v) is 2.45. The van der Waals surface area contributed by atoms with Gasteiger partial charge in [-0.3, -0.25) is 0 Å². The summed E-state index contributed by atoms with van der Waals surface area (Å²) in [6.45, 7) is 1.79. The Kier molecular flexibility index (Phi) is 2.82. The van der Waals surface area contributed by atoms with Gasteiger partial charge in [-0.2, -0.15) is 0 Å². The summed E-state index contributed by atoms with van der Waals surface area (Å²) in [5.41, 5.74) is 2.23. The largest absolute Gasteiger partial charge is 0.497 e. The van der Waals surface area contributed by atoms with Crippen LogP contribution in [0.25, 0.3) is 11.3 Å². The first-order valence-electron chi connectivity index (χ1n) is 5.06. The van der Waals surface area contributed by atoms with E-state index in [-0.39, 0.29) is 5.82 Å². The number of methoxy groups -OCH3 is 1. The smallest absolute Gasteiger partial charge is 0.371 e. The van der Waals surface area contributed by atoms with Crippen LogP contribution in [0.2, 0.25) is 0 Å². The Morgan fingerprint density at radius 3 is 2.47 bits per heavy atom. The number of ether oxygens (including phenoxy) is 1. The highest BCUT2D eigenvalue weighted by atomic mass is 16.5. The summed E-state index contributed by atoms with van der Waals surface area (Å²) in [5.74, 6) is -0.360. The zero-order chi connectivity index (χ0) is 12.4. The first kappa shape index (κ1) is 11.2. The van der Waals surface area contributed by atoms with E-state index in [0.717, 1.165) is 17.0 Å². The number of imidazole rings is 1. The number of carbonyl (C=O) groups is 1. The number of H-pyrrole nitrogens is 1. The molecule has 5 heteroatoms. The first-order valence-corrected chi connectivity index (χ1v) is 5.06. The minimum Gasteiger partial charge on any atom is -0.497 e. The number of rotatable bonds is 3. The van der Waals surface area contributed by atoms with Crippen molar-refractivity contribution in [1.29, 1.82) is 0 Å². The number of aromatic amines is 1. The van der Waals surface area contributed by atoms with Crippen LogP contribution in [0.3, 0.4) is 0 Å². The molecule has 0 radical (unpaired) electrons. The molecule has 88 valence electrons. The lowest BCUT2D eigenvalue weighted by Crippen LogP contribution is -1.98. The van der Waals surface area contributed by atoms with Crippen molar-refractivity contribution in [2.24, 2.45) is 0 Å². The highest BCUT2D eigenvalue weighted by molar-refractivity contribution is 5.84. The van der Waals surface area contributed by atoms with Gasteiger partial charge in [-0.15, -0.1) is 0 Å². The van der Waals surface area contributed by atoms with Crippen molar-refractivity contribution >= 4 is 5.97 Å². The molecule has 17 heavy (non-hydrogen) atoms. The molecule has 0 aliphatic rings. The Morgan fingerprint density at radius 2 is 2.00 bits per heavy atom. The highest BCUT2D eigenvalue weighted by Gasteiger charge is 2.13. The van der Waals surface area contributed by atoms with Crippen LogP contribution in [0.15, 0.2) is 24.3 Å². The number of carboxylic acids is 1. The molecule has 1 aromatic heterocycles. The van der Waals surface area contributed by atoms with Crippen LogP contribution in [0.5, 0.6) is 5.75 Å². The second-order valence-corrected chi connectivity index (χ2v) is 3.59. The second-order valence-electron chi connectivity index (χ2n) is 3.59. The maximum Gasteiger partial charge on any atom is 0.371 e. The van der Waals surface area contributed by atoms with Crippen LogP contribution in [0, 0.1) is 6.92 Å². The second kappa shape index (κ2) is 4.29. The van der Waals surface area contributed by atoms with Gasteiger partial charge in [-0.05, 0) is 31.2 Å². The Hall–Kier alpha value is -2.30. The number of hydrogen-bond acceptors (Lipinski definition) is 3. The van der Waals surface area contributed by atoms with E-state index in [2.05, 4.69) is 9.97 Å². The molecule has 0 aliphatic carbocycles. The van der Waals surface area contributed by atoms with Gasteiger partial charge in [0.05, 0.1) is 12.8 Å². The molecular weight excluding hydrogens is 220 g/mol. The van der Waals surface area contributed by atoms with Gasteiger partial charge < -0.3 is 14.8 Å². The Morgan fingerprint density at radius 1 is 1.35 bits per heavy atom. The third-order valence-electron chi connectivity index (χ3n) is 2.45. The van der Waals surface area contributed by atoms with E-state index < -0.39 is 5.97 Å². The third kappa shape index (κ3) is 2.13. The van der Waals surface area contributed by atoms with Crippen molar-refractivity contribution in [3.05, 3.63) is 35.8 Å². The van der Waals surface area contributed by atoms with Gasteiger partial charge in [0.2, 0.25) is 5.82 Å². The van der Waals surface area contributed by atoms with E-state index in [0.29, 0.717) is 5.69 Å². The molecule has 0 bridgehead atoms. The number of benzene rings is 1. The predicted octanol–water partition coefficient (Wildman–Crippen LogP) is 2.09. The van der Waals surface area contributed by atoms with Crippen molar-refractivity contribution in [3.63, 3.8) is 0 Å². The summed E-state index contributed by atoms with van der Waals surface area (Å²) in [4.78, 5) is 17.6. The van der Waals surface area contributed by atoms with Crippen molar-refractivity contribution in [2.45, 2.75) is 6.92 Å². The predicted molar refractivity (Wildman–Crippen MR) is 62.3 cm³/mol. The van der Waals surface area contributed by atoms with E-state index in [1.54, 1.807) is 14.0 Å². The van der Waals surface area contributed by atoms with Gasteiger partial charge in [0.1, 0.15) is 5.75 Å². The molecule has 0 saturated carbocycles. The lowest BCUT2D eigenvalue weighted by atomic mass is 10.1. The minimum atomic E-state index is -1.06. The van der Waals surface area contributed by atoms with E-state index in [1.165, 1.54) is 0 Å². The average molecular weight is 232 g/mol. The van der Waals surface area contributed by atoms with Crippen molar-refractivity contribution in [1.82, 2.24) is 9.97 Å². The normalized spacial score (nSPS) is 10.2. The Labute approximate surface area is 98.1 Å². The molecule has 0 aliphatic heterocycles. The summed E-state index contributed by atoms with van der Waals surface area (Å²) in [6, 6.07) is 7.30. The first-order chi connectivity index (χ1) is 8.11. The molecule has 2 aromatic rings. The van der Waals surface area contributed by atoms with Crippen molar-refractivity contribution in [2.75, 3.05) is 7.11 Å². The number of aromatic carboxylic acids is 1. The zero-order valence-corrected chi connectivity index (χ0v) is 9.52. The maximum atomic E-state index is 10.8. The average Bonchev–Trinajstić information content (AvgIpc) is 2.72. The zero-order valence-electron chi connectivity index (χ0n) is 9.52. The number of aryl methyl sites for hydroxylation is 1. The Bertz CT molecular complexity index is 543. The van der Waals surface area contributed by atoms with Crippen LogP contribution >= 0.6 is 0 Å². The summed E-state index contributed by atoms with van der Waals surface area (Å²) in [5, 5.41) is 8.84. The lowest BCUT2D eigenvalue weighted by Gasteiger charge is -2.01. The van der Waals surface area contributed by atoms with Crippen molar-refractivity contribution in [3.8, 4) is 17.0 Å². The molecule has 0 fully saturated rings. The fraction of sp³-hybridized carbons (Fsp3) is 0.167. The molecule has 2 N–H and O–H groups in total. The number of nitrogens with one attached hydrogen (secondary N) is 1. The van der Waals surface area contributed by atoms with Gasteiger partial charge in [-0.25, -0.2) is 9.78 Å². The number of carboxylic acid groups (broad SMARTS) is 1. The van der Waals surface area contributed by atoms with Gasteiger partial charge in [0, 0.05) is 11.3 Å². The van der Waals surface area contributed by atoms with Crippen LogP contribution < -0.4 is 4.74 Å². The summed E-state index contributed by atoms with van der Waals surface area (Å²) < 4.78 is 5.06. The fourth-order valence-electron chi connectivity index (χ4n) is 1.59. The molecular formula is C12H12N2O3. The molecule has 2 rings (SSSR count). The summed E-state index contributed by atoms with van der Waals surface area (Å²) in [6.07, 6.45) is 0. The van der Waals surface area contributed by atoms with Crippen LogP contribution in [0.4, 0.5) is 0 Å². The fourth-order valence-corrected chi connectivity index (χ4v) is 1.59. The van der Waals surface area contributed by atoms with E-state index in [1.807, 2.05) is 24.3 Å². The quantitative estimate of drug-likeness (QED) is 0.849. The van der Waals surface area contributed by atoms with Gasteiger partial charge >= 0.3 is 5.97 Å². The SMILES string of the molecule is COc1ccc(-c2nc(C(=O)O)[nH]c2C)cc1. The van der Waals surface area contributed by atoms with Crippen LogP contribution in [-0.2, 0) is 0 Å². The van der Waals surface area contributed by atoms with Crippen LogP contribution in [-0.4, -0.2) is 28.2 Å². The maximum absolute atomic E-state index is 10.8. The molecule has 0 spiro atoms. The molecule has 0 unspecified atom stereocenters. The van der Waals surface area contributed by atoms with E-state index >= 15 is 0 Å². The molecule has 1 heterocycles. The molecule has 0 atom stereocenters. The van der Waals surface area contributed by atoms with E-state index in [4.69, 9.17) is 9.84 Å². The van der Waals surface area contributed by atoms with Gasteiger partial charge in [-0.1, -0.05) is 0 Å². The van der Waals surface area contributed by atoms with Gasteiger partial charge in [0.15, 0.2) is 0 Å². The van der Waals surface area contributed by atoms with Gasteiger partial charge in [0.25, 0.3) is 0 Å². The monoisotopic (exact) mass is 232 g/mol. The molecule has 0 saturated heterocycles. The lowest BCUT2D eigenvalue weighted by molar-refractivity contribution is 0.0684. The number of aromatic nitrogens is 2. The molecule has 0 amide bonds. The Balaban J connectivity index is 2.41. The minimum absolute atomic E-state index is 0.0479. The van der Waals surface area contributed by atoms with Crippen LogP contribution in [0.1, 0.15) is 16.3 Å².